The lowest BCUT2D eigenvalue weighted by molar-refractivity contribution is -0.146. The first-order valence-electron chi connectivity index (χ1n) is 7.11. The predicted octanol–water partition coefficient (Wildman–Crippen LogP) is 2.59. The van der Waals surface area contributed by atoms with E-state index in [2.05, 4.69) is 10.3 Å². The van der Waals surface area contributed by atoms with Crippen molar-refractivity contribution in [2.24, 2.45) is 5.92 Å². The molecule has 2 rings (SSSR count). The number of methoxy groups -OCH3 is 1. The minimum Gasteiger partial charge on any atom is -0.469 e. The Labute approximate surface area is 129 Å². The second kappa shape index (κ2) is 7.41. The van der Waals surface area contributed by atoms with Gasteiger partial charge in [-0.2, -0.15) is 0 Å². The van der Waals surface area contributed by atoms with Crippen LogP contribution in [0.2, 0.25) is 5.02 Å². The molecule has 0 unspecified atom stereocenters. The van der Waals surface area contributed by atoms with Gasteiger partial charge >= 0.3 is 5.97 Å². The highest BCUT2D eigenvalue weighted by Gasteiger charge is 2.32. The quantitative estimate of drug-likeness (QED) is 0.688. The maximum absolute atomic E-state index is 12.3. The predicted molar refractivity (Wildman–Crippen MR) is 79.1 cm³/mol. The van der Waals surface area contributed by atoms with Crippen molar-refractivity contribution in [1.29, 1.82) is 0 Å². The molecule has 1 aromatic heterocycles. The van der Waals surface area contributed by atoms with E-state index >= 15 is 0 Å². The fourth-order valence-corrected chi connectivity index (χ4v) is 2.92. The van der Waals surface area contributed by atoms with Gasteiger partial charge in [0.25, 0.3) is 5.91 Å². The summed E-state index contributed by atoms with van der Waals surface area (Å²) in [5.41, 5.74) is 0.375. The number of aromatic nitrogens is 1. The molecule has 1 N–H and O–H groups in total. The Hall–Kier alpha value is -1.62. The van der Waals surface area contributed by atoms with Crippen LogP contribution < -0.4 is 5.32 Å². The molecule has 1 aromatic rings. The van der Waals surface area contributed by atoms with Gasteiger partial charge in [0, 0.05) is 18.4 Å². The van der Waals surface area contributed by atoms with E-state index in [0.717, 1.165) is 32.1 Å². The molecule has 21 heavy (non-hydrogen) atoms. The normalized spacial score (nSPS) is 22.2. The number of halogens is 1. The summed E-state index contributed by atoms with van der Waals surface area (Å²) >= 11 is 5.98. The van der Waals surface area contributed by atoms with E-state index in [9.17, 15) is 9.59 Å². The Balaban J connectivity index is 2.12. The Morgan fingerprint density at radius 2 is 2.10 bits per heavy atom. The van der Waals surface area contributed by atoms with Crippen LogP contribution in [-0.4, -0.2) is 30.0 Å². The first kappa shape index (κ1) is 15.8. The first-order valence-corrected chi connectivity index (χ1v) is 7.49. The number of carbonyl (C=O) groups is 2. The number of amides is 1. The topological polar surface area (TPSA) is 68.3 Å². The minimum atomic E-state index is -0.290. The molecule has 1 aliphatic rings. The van der Waals surface area contributed by atoms with Crippen LogP contribution in [0.4, 0.5) is 0 Å². The zero-order valence-electron chi connectivity index (χ0n) is 12.0. The molecule has 0 aliphatic heterocycles. The van der Waals surface area contributed by atoms with Crippen molar-refractivity contribution in [2.75, 3.05) is 7.11 Å². The molecule has 0 radical (unpaired) electrons. The highest BCUT2D eigenvalue weighted by Crippen LogP contribution is 2.25. The number of rotatable bonds is 3. The number of carbonyl (C=O) groups excluding carboxylic acids is 2. The van der Waals surface area contributed by atoms with Crippen LogP contribution in [-0.2, 0) is 9.53 Å². The summed E-state index contributed by atoms with van der Waals surface area (Å²) in [5.74, 6) is -0.826. The third-order valence-electron chi connectivity index (χ3n) is 3.85. The van der Waals surface area contributed by atoms with E-state index in [4.69, 9.17) is 16.3 Å². The standard InChI is InChI=1S/C15H19ClN2O3/c1-21-15(20)11-5-3-2-4-6-13(11)18-14(19)10-7-8-17-9-12(10)16/h7-9,11,13H,2-6H2,1H3,(H,18,19)/t11-,13-/m1/s1. The second-order valence-electron chi connectivity index (χ2n) is 5.20. The zero-order chi connectivity index (χ0) is 15.2. The summed E-state index contributed by atoms with van der Waals surface area (Å²) in [6.45, 7) is 0. The lowest BCUT2D eigenvalue weighted by atomic mass is 9.94. The second-order valence-corrected chi connectivity index (χ2v) is 5.61. The van der Waals surface area contributed by atoms with Crippen LogP contribution >= 0.6 is 11.6 Å². The summed E-state index contributed by atoms with van der Waals surface area (Å²) in [6, 6.07) is 1.36. The van der Waals surface area contributed by atoms with E-state index < -0.39 is 0 Å². The Bertz CT molecular complexity index is 521. The molecular weight excluding hydrogens is 292 g/mol. The molecule has 6 heteroatoms. The number of nitrogens with zero attached hydrogens (tertiary/aromatic N) is 1. The number of ether oxygens (including phenoxy) is 1. The molecule has 0 aromatic carbocycles. The molecule has 5 nitrogen and oxygen atoms in total. The number of esters is 1. The van der Waals surface area contributed by atoms with Crippen molar-refractivity contribution in [3.05, 3.63) is 29.0 Å². The summed E-state index contributed by atoms with van der Waals surface area (Å²) in [7, 11) is 1.38. The van der Waals surface area contributed by atoms with Crippen molar-refractivity contribution in [2.45, 2.75) is 38.1 Å². The van der Waals surface area contributed by atoms with Gasteiger partial charge in [-0.1, -0.05) is 30.9 Å². The van der Waals surface area contributed by atoms with Gasteiger partial charge in [-0.05, 0) is 18.9 Å². The molecule has 1 fully saturated rings. The van der Waals surface area contributed by atoms with Gasteiger partial charge in [-0.25, -0.2) is 0 Å². The maximum Gasteiger partial charge on any atom is 0.310 e. The van der Waals surface area contributed by atoms with Gasteiger partial charge < -0.3 is 10.1 Å². The van der Waals surface area contributed by atoms with Gasteiger partial charge in [0.1, 0.15) is 0 Å². The Morgan fingerprint density at radius 1 is 1.33 bits per heavy atom. The number of hydrogen-bond acceptors (Lipinski definition) is 4. The Kier molecular flexibility index (Phi) is 5.56. The van der Waals surface area contributed by atoms with Gasteiger partial charge in [0.15, 0.2) is 0 Å². The number of nitrogens with one attached hydrogen (secondary N) is 1. The largest absolute Gasteiger partial charge is 0.469 e. The zero-order valence-corrected chi connectivity index (χ0v) is 12.7. The van der Waals surface area contributed by atoms with E-state index in [1.165, 1.54) is 19.5 Å². The highest BCUT2D eigenvalue weighted by atomic mass is 35.5. The first-order chi connectivity index (χ1) is 10.1. The molecular formula is C15H19ClN2O3. The summed E-state index contributed by atoms with van der Waals surface area (Å²) in [6.07, 6.45) is 7.49. The number of hydrogen-bond donors (Lipinski definition) is 1. The van der Waals surface area contributed by atoms with Gasteiger partial charge in [0.2, 0.25) is 0 Å². The van der Waals surface area contributed by atoms with E-state index in [1.54, 1.807) is 6.07 Å². The average molecular weight is 311 g/mol. The SMILES string of the molecule is COC(=O)[C@@H]1CCCCC[C@H]1NC(=O)c1ccncc1Cl. The third-order valence-corrected chi connectivity index (χ3v) is 4.15. The van der Waals surface area contributed by atoms with Crippen LogP contribution in [0.15, 0.2) is 18.5 Å². The van der Waals surface area contributed by atoms with Gasteiger partial charge in [-0.3, -0.25) is 14.6 Å². The highest BCUT2D eigenvalue weighted by molar-refractivity contribution is 6.33. The lowest BCUT2D eigenvalue weighted by Gasteiger charge is -2.24. The van der Waals surface area contributed by atoms with Crippen molar-refractivity contribution in [3.8, 4) is 0 Å². The van der Waals surface area contributed by atoms with Gasteiger partial charge in [0.05, 0.1) is 23.6 Å². The summed E-state index contributed by atoms with van der Waals surface area (Å²) in [4.78, 5) is 28.1. The van der Waals surface area contributed by atoms with Crippen LogP contribution in [0.25, 0.3) is 0 Å². The van der Waals surface area contributed by atoms with Crippen LogP contribution in [0.3, 0.4) is 0 Å². The smallest absolute Gasteiger partial charge is 0.310 e. The molecule has 2 atom stereocenters. The summed E-state index contributed by atoms with van der Waals surface area (Å²) < 4.78 is 4.86. The fraction of sp³-hybridized carbons (Fsp3) is 0.533. The third kappa shape index (κ3) is 3.94. The van der Waals surface area contributed by atoms with Crippen molar-refractivity contribution < 1.29 is 14.3 Å². The van der Waals surface area contributed by atoms with E-state index in [0.29, 0.717) is 10.6 Å². The Morgan fingerprint density at radius 3 is 2.81 bits per heavy atom. The van der Waals surface area contributed by atoms with Crippen LogP contribution in [0.5, 0.6) is 0 Å². The van der Waals surface area contributed by atoms with E-state index in [-0.39, 0.29) is 23.8 Å². The fourth-order valence-electron chi connectivity index (χ4n) is 2.72. The van der Waals surface area contributed by atoms with Gasteiger partial charge in [-0.15, -0.1) is 0 Å². The average Bonchev–Trinajstić information content (AvgIpc) is 2.72. The molecule has 0 bridgehead atoms. The van der Waals surface area contributed by atoms with E-state index in [1.807, 2.05) is 0 Å². The monoisotopic (exact) mass is 310 g/mol. The molecule has 1 amide bonds. The molecule has 1 heterocycles. The molecule has 0 saturated heterocycles. The summed E-state index contributed by atoms with van der Waals surface area (Å²) in [5, 5.41) is 3.23. The van der Waals surface area contributed by atoms with Crippen molar-refractivity contribution in [3.63, 3.8) is 0 Å². The van der Waals surface area contributed by atoms with Crippen molar-refractivity contribution in [1.82, 2.24) is 10.3 Å². The maximum atomic E-state index is 12.3. The molecule has 114 valence electrons. The minimum absolute atomic E-state index is 0.211. The number of pyridine rings is 1. The molecule has 1 saturated carbocycles. The van der Waals surface area contributed by atoms with Crippen molar-refractivity contribution >= 4 is 23.5 Å². The molecule has 1 aliphatic carbocycles. The molecule has 0 spiro atoms. The van der Waals surface area contributed by atoms with Crippen LogP contribution in [0.1, 0.15) is 42.5 Å². The van der Waals surface area contributed by atoms with Crippen LogP contribution in [0, 0.1) is 5.92 Å². The lowest BCUT2D eigenvalue weighted by Crippen LogP contribution is -2.43.